The third-order valence-corrected chi connectivity index (χ3v) is 5.30. The van der Waals surface area contributed by atoms with Crippen LogP contribution in [0.1, 0.15) is 42.6 Å². The Labute approximate surface area is 136 Å². The van der Waals surface area contributed by atoms with Gasteiger partial charge in [-0.1, -0.05) is 33.3 Å². The SMILES string of the molecule is CCCc1nc(N(C)Cc2cccs2)sc1CNC(C)C. The van der Waals surface area contributed by atoms with E-state index in [0.717, 1.165) is 31.1 Å². The first-order chi connectivity index (χ1) is 10.1. The molecule has 0 amide bonds. The summed E-state index contributed by atoms with van der Waals surface area (Å²) < 4.78 is 0. The van der Waals surface area contributed by atoms with E-state index in [0.29, 0.717) is 6.04 Å². The van der Waals surface area contributed by atoms with E-state index in [1.165, 1.54) is 15.4 Å². The van der Waals surface area contributed by atoms with Crippen LogP contribution in [0, 0.1) is 0 Å². The quantitative estimate of drug-likeness (QED) is 0.785. The Bertz CT molecular complexity index is 532. The van der Waals surface area contributed by atoms with Gasteiger partial charge in [0.2, 0.25) is 0 Å². The Hall–Kier alpha value is -0.910. The maximum absolute atomic E-state index is 4.87. The summed E-state index contributed by atoms with van der Waals surface area (Å²) in [6, 6.07) is 4.80. The van der Waals surface area contributed by atoms with Gasteiger partial charge in [0.05, 0.1) is 12.2 Å². The van der Waals surface area contributed by atoms with Crippen molar-refractivity contribution in [1.29, 1.82) is 0 Å². The normalized spacial score (nSPS) is 11.3. The minimum atomic E-state index is 0.508. The van der Waals surface area contributed by atoms with Gasteiger partial charge in [-0.3, -0.25) is 0 Å². The highest BCUT2D eigenvalue weighted by Crippen LogP contribution is 2.28. The summed E-state index contributed by atoms with van der Waals surface area (Å²) in [6.07, 6.45) is 2.21. The third-order valence-electron chi connectivity index (χ3n) is 3.22. The summed E-state index contributed by atoms with van der Waals surface area (Å²) in [6.45, 7) is 8.45. The molecule has 0 radical (unpaired) electrons. The molecule has 0 bridgehead atoms. The molecule has 1 N–H and O–H groups in total. The van der Waals surface area contributed by atoms with Crippen LogP contribution in [-0.2, 0) is 19.5 Å². The van der Waals surface area contributed by atoms with Gasteiger partial charge in [0.25, 0.3) is 0 Å². The number of nitrogens with zero attached hydrogens (tertiary/aromatic N) is 2. The second-order valence-electron chi connectivity index (χ2n) is 5.59. The highest BCUT2D eigenvalue weighted by atomic mass is 32.1. The number of thiophene rings is 1. The summed E-state index contributed by atoms with van der Waals surface area (Å²) in [5.74, 6) is 0. The highest BCUT2D eigenvalue weighted by molar-refractivity contribution is 7.15. The van der Waals surface area contributed by atoms with E-state index in [1.807, 2.05) is 11.3 Å². The number of aryl methyl sites for hydroxylation is 1. The molecule has 21 heavy (non-hydrogen) atoms. The Morgan fingerprint density at radius 1 is 1.38 bits per heavy atom. The van der Waals surface area contributed by atoms with E-state index in [2.05, 4.69) is 55.5 Å². The molecular weight excluding hydrogens is 298 g/mol. The molecule has 0 saturated heterocycles. The molecule has 3 nitrogen and oxygen atoms in total. The van der Waals surface area contributed by atoms with Crippen LogP contribution < -0.4 is 10.2 Å². The highest BCUT2D eigenvalue weighted by Gasteiger charge is 2.14. The summed E-state index contributed by atoms with van der Waals surface area (Å²) in [5, 5.41) is 6.77. The van der Waals surface area contributed by atoms with Crippen molar-refractivity contribution in [3.63, 3.8) is 0 Å². The van der Waals surface area contributed by atoms with Gasteiger partial charge in [0.1, 0.15) is 0 Å². The fourth-order valence-corrected chi connectivity index (χ4v) is 3.88. The van der Waals surface area contributed by atoms with Gasteiger partial charge >= 0.3 is 0 Å². The van der Waals surface area contributed by atoms with Gasteiger partial charge in [-0.05, 0) is 17.9 Å². The van der Waals surface area contributed by atoms with E-state index < -0.39 is 0 Å². The lowest BCUT2D eigenvalue weighted by Gasteiger charge is -2.14. The minimum absolute atomic E-state index is 0.508. The lowest BCUT2D eigenvalue weighted by Crippen LogP contribution is -2.21. The van der Waals surface area contributed by atoms with Gasteiger partial charge < -0.3 is 10.2 Å². The van der Waals surface area contributed by atoms with E-state index >= 15 is 0 Å². The molecule has 2 rings (SSSR count). The molecule has 0 fully saturated rings. The molecule has 0 unspecified atom stereocenters. The number of anilines is 1. The molecule has 2 aromatic heterocycles. The van der Waals surface area contributed by atoms with Crippen LogP contribution in [0.2, 0.25) is 0 Å². The van der Waals surface area contributed by atoms with Crippen LogP contribution in [0.3, 0.4) is 0 Å². The van der Waals surface area contributed by atoms with Crippen molar-refractivity contribution in [3.05, 3.63) is 33.0 Å². The van der Waals surface area contributed by atoms with Gasteiger partial charge in [-0.25, -0.2) is 4.98 Å². The van der Waals surface area contributed by atoms with Crippen molar-refractivity contribution >= 4 is 27.8 Å². The van der Waals surface area contributed by atoms with Crippen molar-refractivity contribution in [1.82, 2.24) is 10.3 Å². The molecule has 0 spiro atoms. The number of hydrogen-bond donors (Lipinski definition) is 1. The summed E-state index contributed by atoms with van der Waals surface area (Å²) in [7, 11) is 2.13. The van der Waals surface area contributed by atoms with Crippen LogP contribution in [0.25, 0.3) is 0 Å². The van der Waals surface area contributed by atoms with Crippen molar-refractivity contribution in [2.45, 2.75) is 52.7 Å². The van der Waals surface area contributed by atoms with Crippen LogP contribution in [0.5, 0.6) is 0 Å². The molecule has 2 heterocycles. The first kappa shape index (κ1) is 16.5. The zero-order valence-corrected chi connectivity index (χ0v) is 15.0. The smallest absolute Gasteiger partial charge is 0.185 e. The largest absolute Gasteiger partial charge is 0.346 e. The van der Waals surface area contributed by atoms with Gasteiger partial charge in [0.15, 0.2) is 5.13 Å². The second kappa shape index (κ2) is 7.92. The van der Waals surface area contributed by atoms with Crippen molar-refractivity contribution in [2.75, 3.05) is 11.9 Å². The molecule has 0 aromatic carbocycles. The molecular formula is C16H25N3S2. The van der Waals surface area contributed by atoms with E-state index in [1.54, 1.807) is 11.3 Å². The Balaban J connectivity index is 2.09. The van der Waals surface area contributed by atoms with Crippen molar-refractivity contribution in [2.24, 2.45) is 0 Å². The monoisotopic (exact) mass is 323 g/mol. The summed E-state index contributed by atoms with van der Waals surface area (Å²) >= 11 is 3.63. The van der Waals surface area contributed by atoms with Crippen LogP contribution >= 0.6 is 22.7 Å². The topological polar surface area (TPSA) is 28.2 Å². The average molecular weight is 324 g/mol. The first-order valence-electron chi connectivity index (χ1n) is 7.55. The van der Waals surface area contributed by atoms with E-state index in [-0.39, 0.29) is 0 Å². The summed E-state index contributed by atoms with van der Waals surface area (Å²) in [5.41, 5.74) is 1.27. The molecule has 0 aliphatic carbocycles. The standard InChI is InChI=1S/C16H25N3S2/c1-5-7-14-15(10-17-12(2)3)21-16(18-14)19(4)11-13-8-6-9-20-13/h6,8-9,12,17H,5,7,10-11H2,1-4H3. The van der Waals surface area contributed by atoms with Crippen molar-refractivity contribution in [3.8, 4) is 0 Å². The molecule has 5 heteroatoms. The van der Waals surface area contributed by atoms with Crippen LogP contribution in [-0.4, -0.2) is 18.1 Å². The lowest BCUT2D eigenvalue weighted by atomic mass is 10.2. The predicted octanol–water partition coefficient (Wildman–Crippen LogP) is 4.29. The number of nitrogens with one attached hydrogen (secondary N) is 1. The molecule has 116 valence electrons. The molecule has 2 aromatic rings. The van der Waals surface area contributed by atoms with Crippen LogP contribution in [0.4, 0.5) is 5.13 Å². The molecule has 0 aliphatic heterocycles. The fraction of sp³-hybridized carbons (Fsp3) is 0.562. The maximum Gasteiger partial charge on any atom is 0.185 e. The number of rotatable bonds is 8. The first-order valence-corrected chi connectivity index (χ1v) is 9.25. The van der Waals surface area contributed by atoms with Crippen molar-refractivity contribution < 1.29 is 0 Å². The van der Waals surface area contributed by atoms with E-state index in [4.69, 9.17) is 4.98 Å². The average Bonchev–Trinajstić information content (AvgIpc) is 3.06. The molecule has 0 atom stereocenters. The van der Waals surface area contributed by atoms with Gasteiger partial charge in [0, 0.05) is 29.4 Å². The molecule has 0 aliphatic rings. The maximum atomic E-state index is 4.87. The predicted molar refractivity (Wildman–Crippen MR) is 94.5 cm³/mol. The van der Waals surface area contributed by atoms with E-state index in [9.17, 15) is 0 Å². The fourth-order valence-electron chi connectivity index (χ4n) is 2.10. The number of hydrogen-bond acceptors (Lipinski definition) is 5. The Kier molecular flexibility index (Phi) is 6.21. The Morgan fingerprint density at radius 3 is 2.81 bits per heavy atom. The number of aromatic nitrogens is 1. The Morgan fingerprint density at radius 2 is 2.19 bits per heavy atom. The molecule has 0 saturated carbocycles. The van der Waals surface area contributed by atoms with Crippen LogP contribution in [0.15, 0.2) is 17.5 Å². The number of thiazole rings is 1. The lowest BCUT2D eigenvalue weighted by molar-refractivity contribution is 0.589. The van der Waals surface area contributed by atoms with Gasteiger partial charge in [-0.15, -0.1) is 22.7 Å². The summed E-state index contributed by atoms with van der Waals surface area (Å²) in [4.78, 5) is 9.89. The third kappa shape index (κ3) is 4.80. The second-order valence-corrected chi connectivity index (χ2v) is 7.68. The van der Waals surface area contributed by atoms with Gasteiger partial charge in [-0.2, -0.15) is 0 Å². The zero-order valence-electron chi connectivity index (χ0n) is 13.3. The zero-order chi connectivity index (χ0) is 15.2. The minimum Gasteiger partial charge on any atom is -0.346 e.